The van der Waals surface area contributed by atoms with Crippen molar-refractivity contribution in [3.63, 3.8) is 0 Å². The molecule has 0 aromatic carbocycles. The van der Waals surface area contributed by atoms with Gasteiger partial charge < -0.3 is 4.98 Å². The van der Waals surface area contributed by atoms with E-state index in [1.54, 1.807) is 0 Å². The van der Waals surface area contributed by atoms with Gasteiger partial charge in [0.15, 0.2) is 9.84 Å². The van der Waals surface area contributed by atoms with Crippen molar-refractivity contribution in [2.24, 2.45) is 0 Å². The highest BCUT2D eigenvalue weighted by Crippen LogP contribution is 2.18. The molecule has 1 N–H and O–H groups in total. The quantitative estimate of drug-likeness (QED) is 0.694. The maximum atomic E-state index is 10.8. The average Bonchev–Trinajstić information content (AvgIpc) is 2.11. The van der Waals surface area contributed by atoms with Gasteiger partial charge in [-0.15, -0.1) is 0 Å². The second-order valence-electron chi connectivity index (χ2n) is 1.86. The monoisotopic (exact) mass is 178 g/mol. The van der Waals surface area contributed by atoms with Crippen LogP contribution < -0.4 is 0 Å². The SMILES string of the molecule is CS(=O)(=O)c1c[nH][c]c1Cl. The molecular formula is C5H5ClNO2S. The molecular weight excluding hydrogens is 174 g/mol. The molecule has 0 atom stereocenters. The van der Waals surface area contributed by atoms with Crippen molar-refractivity contribution in [2.45, 2.75) is 4.90 Å². The predicted molar refractivity (Wildman–Crippen MR) is 37.7 cm³/mol. The summed E-state index contributed by atoms with van der Waals surface area (Å²) in [7, 11) is -3.18. The van der Waals surface area contributed by atoms with Crippen LogP contribution in [-0.2, 0) is 9.84 Å². The Labute approximate surface area is 63.9 Å². The summed E-state index contributed by atoms with van der Waals surface area (Å²) in [5.74, 6) is 0. The summed E-state index contributed by atoms with van der Waals surface area (Å²) in [5.41, 5.74) is 0. The van der Waals surface area contributed by atoms with Crippen molar-refractivity contribution < 1.29 is 8.42 Å². The fourth-order valence-electron chi connectivity index (χ4n) is 0.560. The molecule has 0 aliphatic heterocycles. The normalized spacial score (nSPS) is 11.8. The first-order valence-electron chi connectivity index (χ1n) is 2.46. The Kier molecular flexibility index (Phi) is 1.74. The number of sulfone groups is 1. The molecule has 3 nitrogen and oxygen atoms in total. The van der Waals surface area contributed by atoms with Gasteiger partial charge in [0.2, 0.25) is 0 Å². The summed E-state index contributed by atoms with van der Waals surface area (Å²) < 4.78 is 21.6. The molecule has 1 aromatic rings. The molecule has 0 spiro atoms. The van der Waals surface area contributed by atoms with Crippen molar-refractivity contribution in [3.05, 3.63) is 17.4 Å². The minimum absolute atomic E-state index is 0.0918. The molecule has 0 fully saturated rings. The van der Waals surface area contributed by atoms with Crippen LogP contribution in [0.25, 0.3) is 0 Å². The summed E-state index contributed by atoms with van der Waals surface area (Å²) in [6.45, 7) is 0. The lowest BCUT2D eigenvalue weighted by Gasteiger charge is -1.90. The van der Waals surface area contributed by atoms with Gasteiger partial charge in [0.1, 0.15) is 4.90 Å². The van der Waals surface area contributed by atoms with Crippen LogP contribution in [0, 0.1) is 6.20 Å². The van der Waals surface area contributed by atoms with E-state index in [1.807, 2.05) is 0 Å². The zero-order chi connectivity index (χ0) is 7.78. The minimum atomic E-state index is -3.18. The second-order valence-corrected chi connectivity index (χ2v) is 4.23. The summed E-state index contributed by atoms with van der Waals surface area (Å²) in [6, 6.07) is 0. The molecule has 1 heterocycles. The van der Waals surface area contributed by atoms with Crippen LogP contribution in [0.1, 0.15) is 0 Å². The molecule has 10 heavy (non-hydrogen) atoms. The van der Waals surface area contributed by atoms with Gasteiger partial charge in [-0.2, -0.15) is 0 Å². The van der Waals surface area contributed by atoms with Gasteiger partial charge in [-0.05, 0) is 0 Å². The molecule has 55 valence electrons. The number of H-pyrrole nitrogens is 1. The second kappa shape index (κ2) is 2.29. The molecule has 1 aromatic heterocycles. The van der Waals surface area contributed by atoms with Crippen LogP contribution in [0.2, 0.25) is 5.02 Å². The van der Waals surface area contributed by atoms with E-state index in [0.29, 0.717) is 0 Å². The van der Waals surface area contributed by atoms with E-state index in [9.17, 15) is 8.42 Å². The van der Waals surface area contributed by atoms with Crippen LogP contribution in [-0.4, -0.2) is 19.7 Å². The van der Waals surface area contributed by atoms with Gasteiger partial charge >= 0.3 is 0 Å². The Balaban J connectivity index is 3.32. The smallest absolute Gasteiger partial charge is 0.178 e. The van der Waals surface area contributed by atoms with Crippen molar-refractivity contribution in [1.82, 2.24) is 4.98 Å². The van der Waals surface area contributed by atoms with Gasteiger partial charge in [-0.3, -0.25) is 0 Å². The number of halogens is 1. The number of rotatable bonds is 1. The molecule has 1 radical (unpaired) electrons. The number of aromatic amines is 1. The zero-order valence-electron chi connectivity index (χ0n) is 5.18. The van der Waals surface area contributed by atoms with E-state index in [2.05, 4.69) is 11.2 Å². The molecule has 0 bridgehead atoms. The Morgan fingerprint density at radius 1 is 1.70 bits per heavy atom. The standard InChI is InChI=1S/C5H5ClNO2S/c1-10(8,9)5-3-7-2-4(5)6/h3,7H,1H3. The predicted octanol–water partition coefficient (Wildman–Crippen LogP) is 0.872. The van der Waals surface area contributed by atoms with Crippen LogP contribution in [0.4, 0.5) is 0 Å². The lowest BCUT2D eigenvalue weighted by molar-refractivity contribution is 0.602. The number of nitrogens with one attached hydrogen (secondary N) is 1. The Bertz CT molecular complexity index is 327. The van der Waals surface area contributed by atoms with Crippen molar-refractivity contribution in [2.75, 3.05) is 6.26 Å². The summed E-state index contributed by atoms with van der Waals surface area (Å²) in [6.07, 6.45) is 4.83. The fourth-order valence-corrected chi connectivity index (χ4v) is 1.74. The minimum Gasteiger partial charge on any atom is -0.357 e. The van der Waals surface area contributed by atoms with Crippen LogP contribution in [0.3, 0.4) is 0 Å². The largest absolute Gasteiger partial charge is 0.357 e. The highest BCUT2D eigenvalue weighted by atomic mass is 35.5. The van der Waals surface area contributed by atoms with Gasteiger partial charge in [0.25, 0.3) is 0 Å². The zero-order valence-corrected chi connectivity index (χ0v) is 6.75. The summed E-state index contributed by atoms with van der Waals surface area (Å²) in [5, 5.41) is 0.113. The third kappa shape index (κ3) is 1.33. The highest BCUT2D eigenvalue weighted by Gasteiger charge is 2.11. The van der Waals surface area contributed by atoms with E-state index >= 15 is 0 Å². The Morgan fingerprint density at radius 2 is 2.30 bits per heavy atom. The maximum absolute atomic E-state index is 10.8. The van der Waals surface area contributed by atoms with Crippen molar-refractivity contribution in [3.8, 4) is 0 Å². The van der Waals surface area contributed by atoms with Gasteiger partial charge in [-0.1, -0.05) is 11.6 Å². The lowest BCUT2D eigenvalue weighted by Crippen LogP contribution is -1.94. The van der Waals surface area contributed by atoms with E-state index in [1.165, 1.54) is 6.20 Å². The Hall–Kier alpha value is -0.480. The van der Waals surface area contributed by atoms with Crippen LogP contribution in [0.15, 0.2) is 11.1 Å². The highest BCUT2D eigenvalue weighted by molar-refractivity contribution is 7.90. The molecule has 0 saturated carbocycles. The average molecular weight is 179 g/mol. The lowest BCUT2D eigenvalue weighted by atomic mass is 10.7. The Morgan fingerprint density at radius 3 is 2.50 bits per heavy atom. The van der Waals surface area contributed by atoms with Crippen LogP contribution in [0.5, 0.6) is 0 Å². The third-order valence-corrected chi connectivity index (χ3v) is 2.53. The summed E-state index contributed by atoms with van der Waals surface area (Å²) >= 11 is 5.46. The third-order valence-electron chi connectivity index (χ3n) is 1.00. The first-order chi connectivity index (χ1) is 4.52. The molecule has 5 heteroatoms. The number of hydrogen-bond donors (Lipinski definition) is 1. The van der Waals surface area contributed by atoms with E-state index < -0.39 is 9.84 Å². The fraction of sp³-hybridized carbons (Fsp3) is 0.200. The van der Waals surface area contributed by atoms with Crippen molar-refractivity contribution >= 4 is 21.4 Å². The van der Waals surface area contributed by atoms with E-state index in [0.717, 1.165) is 6.26 Å². The number of hydrogen-bond acceptors (Lipinski definition) is 2. The van der Waals surface area contributed by atoms with Crippen molar-refractivity contribution in [1.29, 1.82) is 0 Å². The topological polar surface area (TPSA) is 49.9 Å². The molecule has 0 aliphatic rings. The van der Waals surface area contributed by atoms with E-state index in [4.69, 9.17) is 11.6 Å². The molecule has 1 rings (SSSR count). The van der Waals surface area contributed by atoms with Gasteiger partial charge in [-0.25, -0.2) is 8.42 Å². The first kappa shape index (κ1) is 7.63. The first-order valence-corrected chi connectivity index (χ1v) is 4.73. The molecule has 0 unspecified atom stereocenters. The van der Waals surface area contributed by atoms with Crippen LogP contribution >= 0.6 is 11.6 Å². The molecule has 0 amide bonds. The van der Waals surface area contributed by atoms with Gasteiger partial charge in [0.05, 0.1) is 11.2 Å². The molecule has 0 saturated heterocycles. The van der Waals surface area contributed by atoms with Gasteiger partial charge in [0, 0.05) is 12.5 Å². The molecule has 0 aliphatic carbocycles. The number of aromatic nitrogens is 1. The maximum Gasteiger partial charge on any atom is 0.178 e. The summed E-state index contributed by atoms with van der Waals surface area (Å²) in [4.78, 5) is 2.56. The van der Waals surface area contributed by atoms with E-state index in [-0.39, 0.29) is 9.92 Å².